The van der Waals surface area contributed by atoms with Gasteiger partial charge >= 0.3 is 5.69 Å². The summed E-state index contributed by atoms with van der Waals surface area (Å²) in [5.74, 6) is -0.0114. The molecule has 1 aliphatic rings. The van der Waals surface area contributed by atoms with Crippen LogP contribution in [0.25, 0.3) is 11.0 Å². The van der Waals surface area contributed by atoms with Crippen LogP contribution in [0, 0.1) is 5.82 Å². The second-order valence-electron chi connectivity index (χ2n) is 6.11. The average molecular weight is 311 g/mol. The number of fused-ring (bicyclic) bond motifs is 1. The molecular formula is C18H18FN3O. The van der Waals surface area contributed by atoms with Gasteiger partial charge in [-0.1, -0.05) is 30.3 Å². The Morgan fingerprint density at radius 3 is 2.65 bits per heavy atom. The molecule has 1 unspecified atom stereocenters. The minimum atomic E-state index is -0.285. The lowest BCUT2D eigenvalue weighted by Crippen LogP contribution is -2.09. The second kappa shape index (κ2) is 5.66. The molecule has 4 rings (SSSR count). The summed E-state index contributed by atoms with van der Waals surface area (Å²) in [4.78, 5) is 17.5. The van der Waals surface area contributed by atoms with Crippen molar-refractivity contribution in [2.45, 2.75) is 18.8 Å². The molecule has 0 radical (unpaired) electrons. The maximum atomic E-state index is 14.8. The van der Waals surface area contributed by atoms with Gasteiger partial charge in [0, 0.05) is 18.5 Å². The fourth-order valence-corrected chi connectivity index (χ4v) is 3.46. The summed E-state index contributed by atoms with van der Waals surface area (Å²) in [5, 5.41) is 3.29. The largest absolute Gasteiger partial charge is 0.323 e. The molecule has 2 aromatic carbocycles. The highest BCUT2D eigenvalue weighted by Crippen LogP contribution is 2.31. The van der Waals surface area contributed by atoms with Crippen LogP contribution in [0.1, 0.15) is 29.0 Å². The van der Waals surface area contributed by atoms with Crippen molar-refractivity contribution in [3.63, 3.8) is 0 Å². The number of imidazole rings is 1. The summed E-state index contributed by atoms with van der Waals surface area (Å²) in [6, 6.07) is 11.3. The van der Waals surface area contributed by atoms with Crippen molar-refractivity contribution < 1.29 is 4.39 Å². The number of H-pyrrole nitrogens is 2. The van der Waals surface area contributed by atoms with E-state index in [1.807, 2.05) is 30.3 Å². The number of nitrogens with one attached hydrogen (secondary N) is 3. The fraction of sp³-hybridized carbons (Fsp3) is 0.278. The van der Waals surface area contributed by atoms with E-state index in [1.165, 1.54) is 0 Å². The topological polar surface area (TPSA) is 60.7 Å². The third-order valence-electron chi connectivity index (χ3n) is 4.61. The minimum absolute atomic E-state index is 0.240. The maximum Gasteiger partial charge on any atom is 0.323 e. The number of hydrogen-bond donors (Lipinski definition) is 3. The standard InChI is InChI=1S/C18H18FN3O/c19-15-9-13(12-6-7-20-10-12)16-17(22-18(23)21-16)14(15)8-11-4-2-1-3-5-11/h1-5,9,12,20H,6-8,10H2,(H2,21,22,23). The normalized spacial score (nSPS) is 17.9. The third-order valence-corrected chi connectivity index (χ3v) is 4.61. The van der Waals surface area contributed by atoms with E-state index in [0.29, 0.717) is 17.5 Å². The molecule has 0 amide bonds. The van der Waals surface area contributed by atoms with E-state index >= 15 is 0 Å². The van der Waals surface area contributed by atoms with Gasteiger partial charge in [0.05, 0.1) is 11.0 Å². The Morgan fingerprint density at radius 2 is 1.91 bits per heavy atom. The fourth-order valence-electron chi connectivity index (χ4n) is 3.46. The molecule has 1 saturated heterocycles. The van der Waals surface area contributed by atoms with E-state index in [9.17, 15) is 9.18 Å². The van der Waals surface area contributed by atoms with E-state index in [1.54, 1.807) is 6.07 Å². The van der Waals surface area contributed by atoms with Crippen molar-refractivity contribution >= 4 is 11.0 Å². The molecule has 0 aliphatic carbocycles. The molecule has 3 aromatic rings. The number of hydrogen-bond acceptors (Lipinski definition) is 2. The van der Waals surface area contributed by atoms with Crippen LogP contribution in [0.4, 0.5) is 4.39 Å². The van der Waals surface area contributed by atoms with Gasteiger partial charge in [-0.15, -0.1) is 0 Å². The Kier molecular flexibility index (Phi) is 3.50. The van der Waals surface area contributed by atoms with E-state index in [4.69, 9.17) is 0 Å². The van der Waals surface area contributed by atoms with Gasteiger partial charge in [-0.3, -0.25) is 0 Å². The number of aromatic amines is 2. The van der Waals surface area contributed by atoms with E-state index in [-0.39, 0.29) is 17.4 Å². The van der Waals surface area contributed by atoms with Crippen LogP contribution in [-0.4, -0.2) is 23.1 Å². The molecule has 23 heavy (non-hydrogen) atoms. The van der Waals surface area contributed by atoms with E-state index in [0.717, 1.165) is 36.2 Å². The van der Waals surface area contributed by atoms with Crippen molar-refractivity contribution in [1.82, 2.24) is 15.3 Å². The SMILES string of the molecule is O=c1[nH]c2c(C3CCNC3)cc(F)c(Cc3ccccc3)c2[nH]1. The third kappa shape index (κ3) is 2.57. The Bertz CT molecular complexity index is 892. The van der Waals surface area contributed by atoms with E-state index in [2.05, 4.69) is 15.3 Å². The summed E-state index contributed by atoms with van der Waals surface area (Å²) < 4.78 is 14.8. The summed E-state index contributed by atoms with van der Waals surface area (Å²) in [6.07, 6.45) is 1.42. The van der Waals surface area contributed by atoms with Crippen molar-refractivity contribution in [3.05, 3.63) is 69.4 Å². The molecule has 118 valence electrons. The Labute approximate surface area is 132 Å². The van der Waals surface area contributed by atoms with Gasteiger partial charge in [-0.2, -0.15) is 0 Å². The molecule has 1 aliphatic heterocycles. The van der Waals surface area contributed by atoms with Gasteiger partial charge in [-0.25, -0.2) is 9.18 Å². The van der Waals surface area contributed by atoms with Crippen molar-refractivity contribution in [3.8, 4) is 0 Å². The monoisotopic (exact) mass is 311 g/mol. The number of aromatic nitrogens is 2. The van der Waals surface area contributed by atoms with E-state index < -0.39 is 0 Å². The van der Waals surface area contributed by atoms with Gasteiger partial charge in [0.25, 0.3) is 0 Å². The lowest BCUT2D eigenvalue weighted by atomic mass is 9.93. The molecule has 0 bridgehead atoms. The Morgan fingerprint density at radius 1 is 1.13 bits per heavy atom. The van der Waals surface area contributed by atoms with Crippen LogP contribution in [0.2, 0.25) is 0 Å². The molecule has 0 spiro atoms. The van der Waals surface area contributed by atoms with Crippen molar-refractivity contribution in [2.24, 2.45) is 0 Å². The predicted octanol–water partition coefficient (Wildman–Crippen LogP) is 2.66. The molecule has 5 heteroatoms. The minimum Gasteiger partial charge on any atom is -0.316 e. The summed E-state index contributed by atoms with van der Waals surface area (Å²) in [5.41, 5.74) is 3.51. The van der Waals surface area contributed by atoms with Gasteiger partial charge < -0.3 is 15.3 Å². The highest BCUT2D eigenvalue weighted by molar-refractivity contribution is 5.83. The average Bonchev–Trinajstić information content (AvgIpc) is 3.20. The Hall–Kier alpha value is -2.40. The summed E-state index contributed by atoms with van der Waals surface area (Å²) >= 11 is 0. The molecule has 1 aromatic heterocycles. The highest BCUT2D eigenvalue weighted by atomic mass is 19.1. The van der Waals surface area contributed by atoms with Gasteiger partial charge in [0.15, 0.2) is 0 Å². The summed E-state index contributed by atoms with van der Waals surface area (Å²) in [7, 11) is 0. The van der Waals surface area contributed by atoms with Gasteiger partial charge in [0.2, 0.25) is 0 Å². The molecular weight excluding hydrogens is 293 g/mol. The maximum absolute atomic E-state index is 14.8. The number of halogens is 1. The smallest absolute Gasteiger partial charge is 0.316 e. The molecule has 1 fully saturated rings. The first kappa shape index (κ1) is 14.2. The highest BCUT2D eigenvalue weighted by Gasteiger charge is 2.23. The van der Waals surface area contributed by atoms with Gasteiger partial charge in [0.1, 0.15) is 5.82 Å². The quantitative estimate of drug-likeness (QED) is 0.696. The lowest BCUT2D eigenvalue weighted by molar-refractivity contribution is 0.610. The van der Waals surface area contributed by atoms with Crippen molar-refractivity contribution in [2.75, 3.05) is 13.1 Å². The van der Waals surface area contributed by atoms with Crippen LogP contribution in [0.3, 0.4) is 0 Å². The molecule has 0 saturated carbocycles. The van der Waals surface area contributed by atoms with Crippen LogP contribution in [-0.2, 0) is 6.42 Å². The first-order chi connectivity index (χ1) is 11.2. The molecule has 1 atom stereocenters. The predicted molar refractivity (Wildman–Crippen MR) is 88.4 cm³/mol. The first-order valence-electron chi connectivity index (χ1n) is 7.90. The van der Waals surface area contributed by atoms with Crippen molar-refractivity contribution in [1.29, 1.82) is 0 Å². The first-order valence-corrected chi connectivity index (χ1v) is 7.90. The van der Waals surface area contributed by atoms with Gasteiger partial charge in [-0.05, 0) is 36.1 Å². The zero-order valence-electron chi connectivity index (χ0n) is 12.7. The number of rotatable bonds is 3. The zero-order valence-corrected chi connectivity index (χ0v) is 12.7. The lowest BCUT2D eigenvalue weighted by Gasteiger charge is -2.13. The number of benzene rings is 2. The zero-order chi connectivity index (χ0) is 15.8. The summed E-state index contributed by atoms with van der Waals surface area (Å²) in [6.45, 7) is 1.74. The Balaban J connectivity index is 1.87. The molecule has 4 nitrogen and oxygen atoms in total. The molecule has 2 heterocycles. The van der Waals surface area contributed by atoms with Crippen LogP contribution < -0.4 is 11.0 Å². The van der Waals surface area contributed by atoms with Crippen LogP contribution >= 0.6 is 0 Å². The van der Waals surface area contributed by atoms with Crippen LogP contribution in [0.15, 0.2) is 41.2 Å². The van der Waals surface area contributed by atoms with Crippen LogP contribution in [0.5, 0.6) is 0 Å². The molecule has 3 N–H and O–H groups in total. The second-order valence-corrected chi connectivity index (χ2v) is 6.11.